The molecule has 0 aliphatic carbocycles. The Balaban J connectivity index is 1.43. The minimum atomic E-state index is 0.0836. The molecule has 1 N–H and O–H groups in total. The van der Waals surface area contributed by atoms with E-state index >= 15 is 0 Å². The maximum absolute atomic E-state index is 9.24. The first-order valence-corrected chi connectivity index (χ1v) is 13.5. The number of nitrogens with zero attached hydrogens (tertiary/aromatic N) is 6. The second kappa shape index (κ2) is 10.7. The fraction of sp³-hybridized carbons (Fsp3) is 0.379. The molecule has 0 radical (unpaired) electrons. The van der Waals surface area contributed by atoms with Crippen molar-refractivity contribution in [3.05, 3.63) is 53.6 Å². The molecule has 2 aromatic carbocycles. The highest BCUT2D eigenvalue weighted by Gasteiger charge is 2.25. The molecule has 2 aromatic heterocycles. The first kappa shape index (κ1) is 24.8. The molecule has 0 unspecified atom stereocenters. The standard InChI is InChI=1S/C29H30ClN7O/c1-36-15-4-7-21(36)18-38-29-34-27-23(28(35-29)37-16-14-32-20(17-37)12-13-31)10-11-25(33-27)22-8-2-5-19-6-3-9-24(30)26(19)22/h2-3,5-6,8-11,20-21,32H,4,7,12,14-18H2,1H3/t20-,21-/m0/s1. The predicted octanol–water partition coefficient (Wildman–Crippen LogP) is 4.66. The van der Waals surface area contributed by atoms with Crippen LogP contribution in [0.2, 0.25) is 5.02 Å². The van der Waals surface area contributed by atoms with Crippen LogP contribution in [-0.2, 0) is 0 Å². The summed E-state index contributed by atoms with van der Waals surface area (Å²) in [7, 11) is 2.13. The molecule has 0 bridgehead atoms. The fourth-order valence-electron chi connectivity index (χ4n) is 5.56. The SMILES string of the molecule is CN1CCC[C@H]1COc1nc(N2CCN[C@@H](CC#N)C2)c2ccc(-c3cccc4cccc(Cl)c34)nc2n1. The summed E-state index contributed by atoms with van der Waals surface area (Å²) in [6.07, 6.45) is 2.73. The Morgan fingerprint density at radius 2 is 1.97 bits per heavy atom. The van der Waals surface area contributed by atoms with Crippen molar-refractivity contribution in [2.75, 3.05) is 44.7 Å². The van der Waals surface area contributed by atoms with Gasteiger partial charge < -0.3 is 19.9 Å². The van der Waals surface area contributed by atoms with Crippen LogP contribution >= 0.6 is 11.6 Å². The van der Waals surface area contributed by atoms with E-state index in [1.165, 1.54) is 6.42 Å². The van der Waals surface area contributed by atoms with Gasteiger partial charge in [-0.1, -0.05) is 41.9 Å². The number of halogens is 1. The van der Waals surface area contributed by atoms with Crippen LogP contribution in [0.1, 0.15) is 19.3 Å². The van der Waals surface area contributed by atoms with Crippen molar-refractivity contribution in [2.24, 2.45) is 0 Å². The summed E-state index contributed by atoms with van der Waals surface area (Å²) in [5, 5.41) is 16.3. The van der Waals surface area contributed by atoms with Gasteiger partial charge in [0.1, 0.15) is 12.4 Å². The van der Waals surface area contributed by atoms with Gasteiger partial charge in [-0.2, -0.15) is 15.2 Å². The molecule has 2 fully saturated rings. The molecule has 8 nitrogen and oxygen atoms in total. The van der Waals surface area contributed by atoms with Gasteiger partial charge in [-0.25, -0.2) is 4.98 Å². The molecule has 0 spiro atoms. The number of likely N-dealkylation sites (N-methyl/N-ethyl adjacent to an activating group) is 1. The summed E-state index contributed by atoms with van der Waals surface area (Å²) in [4.78, 5) is 19.2. The van der Waals surface area contributed by atoms with E-state index < -0.39 is 0 Å². The number of likely N-dealkylation sites (tertiary alicyclic amines) is 1. The van der Waals surface area contributed by atoms with Gasteiger partial charge in [0.25, 0.3) is 0 Å². The van der Waals surface area contributed by atoms with Crippen LogP contribution in [0.3, 0.4) is 0 Å². The summed E-state index contributed by atoms with van der Waals surface area (Å²) >= 11 is 6.62. The zero-order valence-electron chi connectivity index (χ0n) is 21.4. The average Bonchev–Trinajstić information content (AvgIpc) is 3.35. The lowest BCUT2D eigenvalue weighted by molar-refractivity contribution is 0.188. The number of nitrogens with one attached hydrogen (secondary N) is 1. The minimum Gasteiger partial charge on any atom is -0.462 e. The van der Waals surface area contributed by atoms with Crippen LogP contribution in [0.5, 0.6) is 6.01 Å². The number of anilines is 1. The van der Waals surface area contributed by atoms with Gasteiger partial charge in [0.05, 0.1) is 23.6 Å². The molecule has 0 saturated carbocycles. The number of rotatable bonds is 6. The average molecular weight is 528 g/mol. The Hall–Kier alpha value is -3.51. The molecule has 194 valence electrons. The van der Waals surface area contributed by atoms with Crippen LogP contribution < -0.4 is 15.0 Å². The van der Waals surface area contributed by atoms with Gasteiger partial charge >= 0.3 is 6.01 Å². The van der Waals surface area contributed by atoms with Gasteiger partial charge in [0.2, 0.25) is 0 Å². The minimum absolute atomic E-state index is 0.0836. The lowest BCUT2D eigenvalue weighted by atomic mass is 10.0. The van der Waals surface area contributed by atoms with E-state index in [0.717, 1.165) is 59.3 Å². The molecule has 0 amide bonds. The van der Waals surface area contributed by atoms with Crippen molar-refractivity contribution < 1.29 is 4.74 Å². The molecular formula is C29H30ClN7O. The Labute approximate surface area is 227 Å². The highest BCUT2D eigenvalue weighted by molar-refractivity contribution is 6.36. The molecule has 9 heteroatoms. The van der Waals surface area contributed by atoms with E-state index in [-0.39, 0.29) is 6.04 Å². The van der Waals surface area contributed by atoms with Crippen LogP contribution in [0.15, 0.2) is 48.5 Å². The number of nitriles is 1. The second-order valence-corrected chi connectivity index (χ2v) is 10.5. The van der Waals surface area contributed by atoms with Crippen molar-refractivity contribution in [1.82, 2.24) is 25.2 Å². The van der Waals surface area contributed by atoms with Gasteiger partial charge in [0.15, 0.2) is 5.65 Å². The lowest BCUT2D eigenvalue weighted by Gasteiger charge is -2.34. The molecule has 4 aromatic rings. The molecule has 2 saturated heterocycles. The maximum Gasteiger partial charge on any atom is 0.320 e. The number of aromatic nitrogens is 3. The molecular weight excluding hydrogens is 498 g/mol. The van der Waals surface area contributed by atoms with E-state index in [1.54, 1.807) is 0 Å². The lowest BCUT2D eigenvalue weighted by Crippen LogP contribution is -2.51. The van der Waals surface area contributed by atoms with Crippen LogP contribution in [0.25, 0.3) is 33.1 Å². The molecule has 2 aliphatic heterocycles. The van der Waals surface area contributed by atoms with Gasteiger partial charge in [0, 0.05) is 47.7 Å². The quantitative estimate of drug-likeness (QED) is 0.387. The van der Waals surface area contributed by atoms with Crippen molar-refractivity contribution >= 4 is 39.2 Å². The monoisotopic (exact) mass is 527 g/mol. The van der Waals surface area contributed by atoms with Crippen LogP contribution in [0, 0.1) is 11.3 Å². The van der Waals surface area contributed by atoms with Crippen LogP contribution in [-0.4, -0.2) is 71.8 Å². The Bertz CT molecular complexity index is 1520. The number of hydrogen-bond donors (Lipinski definition) is 1. The number of fused-ring (bicyclic) bond motifs is 2. The predicted molar refractivity (Wildman–Crippen MR) is 151 cm³/mol. The van der Waals surface area contributed by atoms with E-state index in [4.69, 9.17) is 31.3 Å². The molecule has 2 atom stereocenters. The van der Waals surface area contributed by atoms with Crippen molar-refractivity contribution in [3.8, 4) is 23.3 Å². The molecule has 6 rings (SSSR count). The smallest absolute Gasteiger partial charge is 0.320 e. The third-order valence-corrected chi connectivity index (χ3v) is 7.93. The van der Waals surface area contributed by atoms with Gasteiger partial charge in [-0.3, -0.25) is 0 Å². The van der Waals surface area contributed by atoms with Gasteiger partial charge in [-0.05, 0) is 50.0 Å². The Morgan fingerprint density at radius 1 is 1.11 bits per heavy atom. The second-order valence-electron chi connectivity index (χ2n) is 10.1. The number of benzene rings is 2. The van der Waals surface area contributed by atoms with Crippen molar-refractivity contribution in [2.45, 2.75) is 31.3 Å². The molecule has 38 heavy (non-hydrogen) atoms. The number of hydrogen-bond acceptors (Lipinski definition) is 8. The largest absolute Gasteiger partial charge is 0.462 e. The molecule has 2 aliphatic rings. The Kier molecular flexibility index (Phi) is 6.98. The summed E-state index contributed by atoms with van der Waals surface area (Å²) in [5.41, 5.74) is 2.34. The summed E-state index contributed by atoms with van der Waals surface area (Å²) in [6, 6.07) is 19.1. The highest BCUT2D eigenvalue weighted by atomic mass is 35.5. The third-order valence-electron chi connectivity index (χ3n) is 7.62. The van der Waals surface area contributed by atoms with Gasteiger partial charge in [-0.15, -0.1) is 0 Å². The third kappa shape index (κ3) is 4.85. The maximum atomic E-state index is 9.24. The fourth-order valence-corrected chi connectivity index (χ4v) is 5.85. The summed E-state index contributed by atoms with van der Waals surface area (Å²) in [6.45, 7) is 3.86. The van der Waals surface area contributed by atoms with E-state index in [0.29, 0.717) is 42.3 Å². The zero-order valence-corrected chi connectivity index (χ0v) is 22.2. The Morgan fingerprint density at radius 3 is 2.79 bits per heavy atom. The van der Waals surface area contributed by atoms with E-state index in [2.05, 4.69) is 40.4 Å². The summed E-state index contributed by atoms with van der Waals surface area (Å²) < 4.78 is 6.19. The first-order chi connectivity index (χ1) is 18.6. The number of ether oxygens (including phenoxy) is 1. The van der Waals surface area contributed by atoms with E-state index in [1.807, 2.05) is 36.4 Å². The number of piperazine rings is 1. The number of pyridine rings is 1. The van der Waals surface area contributed by atoms with E-state index in [9.17, 15) is 5.26 Å². The first-order valence-electron chi connectivity index (χ1n) is 13.2. The normalized spacial score (nSPS) is 20.2. The topological polar surface area (TPSA) is 90.2 Å². The summed E-state index contributed by atoms with van der Waals surface area (Å²) in [5.74, 6) is 0.796. The van der Waals surface area contributed by atoms with Crippen molar-refractivity contribution in [3.63, 3.8) is 0 Å². The highest BCUT2D eigenvalue weighted by Crippen LogP contribution is 2.35. The van der Waals surface area contributed by atoms with Crippen LogP contribution in [0.4, 0.5) is 5.82 Å². The zero-order chi connectivity index (χ0) is 26.1. The molecule has 4 heterocycles. The van der Waals surface area contributed by atoms with Crippen molar-refractivity contribution in [1.29, 1.82) is 5.26 Å².